The molecule has 0 radical (unpaired) electrons. The number of carbonyl (C=O) groups excluding carboxylic acids is 1. The lowest BCUT2D eigenvalue weighted by molar-refractivity contribution is 0.0476. The molecule has 0 aromatic heterocycles. The van der Waals surface area contributed by atoms with Gasteiger partial charge in [-0.3, -0.25) is 0 Å². The van der Waals surface area contributed by atoms with Crippen LogP contribution in [0, 0.1) is 0 Å². The minimum atomic E-state index is -1.02. The number of alkyl carbamates (subject to hydrolysis) is 1. The summed E-state index contributed by atoms with van der Waals surface area (Å²) in [5.41, 5.74) is -0.853. The van der Waals surface area contributed by atoms with Gasteiger partial charge in [0.15, 0.2) is 0 Å². The fourth-order valence-electron chi connectivity index (χ4n) is 1.94. The molecule has 2 rings (SSSR count). The van der Waals surface area contributed by atoms with Crippen LogP contribution in [0.5, 0.6) is 5.75 Å². The molecule has 1 aromatic rings. The van der Waals surface area contributed by atoms with Crippen LogP contribution in [-0.2, 0) is 4.74 Å². The van der Waals surface area contributed by atoms with Crippen LogP contribution in [0.1, 0.15) is 44.0 Å². The molecule has 1 aliphatic carbocycles. The lowest BCUT2D eigenvalue weighted by Gasteiger charge is -2.23. The van der Waals surface area contributed by atoms with Crippen molar-refractivity contribution in [3.8, 4) is 5.75 Å². The maximum Gasteiger partial charge on any atom is 0.408 e. The van der Waals surface area contributed by atoms with Gasteiger partial charge in [-0.15, -0.1) is 0 Å². The Balaban J connectivity index is 1.96. The first-order valence-corrected chi connectivity index (χ1v) is 8.06. The van der Waals surface area contributed by atoms with Gasteiger partial charge in [-0.05, 0) is 67.7 Å². The molecule has 0 unspecified atom stereocenters. The van der Waals surface area contributed by atoms with E-state index < -0.39 is 23.2 Å². The first-order valence-electron chi connectivity index (χ1n) is 7.27. The van der Waals surface area contributed by atoms with Crippen LogP contribution in [0.4, 0.5) is 4.79 Å². The summed E-state index contributed by atoms with van der Waals surface area (Å²) in [7, 11) is 0. The van der Waals surface area contributed by atoms with Gasteiger partial charge in [0.1, 0.15) is 18.0 Å². The third-order valence-electron chi connectivity index (χ3n) is 3.30. The largest absolute Gasteiger partial charge is 0.490 e. The highest BCUT2D eigenvalue weighted by molar-refractivity contribution is 9.10. The van der Waals surface area contributed by atoms with Crippen molar-refractivity contribution in [3.63, 3.8) is 0 Å². The number of halogens is 1. The van der Waals surface area contributed by atoms with E-state index in [9.17, 15) is 9.59 Å². The number of aromatic carboxylic acids is 1. The van der Waals surface area contributed by atoms with Gasteiger partial charge in [0.05, 0.1) is 15.6 Å². The van der Waals surface area contributed by atoms with Crippen molar-refractivity contribution in [2.75, 3.05) is 6.61 Å². The molecular formula is C16H20BrNO5. The van der Waals surface area contributed by atoms with Crippen molar-refractivity contribution in [1.82, 2.24) is 5.32 Å². The zero-order chi connectivity index (χ0) is 17.3. The van der Waals surface area contributed by atoms with Crippen molar-refractivity contribution in [2.45, 2.75) is 44.8 Å². The molecule has 1 aliphatic rings. The van der Waals surface area contributed by atoms with Gasteiger partial charge in [0, 0.05) is 0 Å². The van der Waals surface area contributed by atoms with E-state index in [-0.39, 0.29) is 12.2 Å². The molecule has 0 heterocycles. The van der Waals surface area contributed by atoms with Crippen molar-refractivity contribution in [2.24, 2.45) is 0 Å². The minimum absolute atomic E-state index is 0.146. The second-order valence-electron chi connectivity index (χ2n) is 6.65. The molecule has 1 aromatic carbocycles. The second-order valence-corrected chi connectivity index (χ2v) is 7.50. The number of carbonyl (C=O) groups is 2. The molecule has 0 bridgehead atoms. The molecule has 126 valence electrons. The third kappa shape index (κ3) is 5.13. The summed E-state index contributed by atoms with van der Waals surface area (Å²) in [5.74, 6) is -0.586. The highest BCUT2D eigenvalue weighted by atomic mass is 79.9. The number of carboxylic acid groups (broad SMARTS) is 1. The van der Waals surface area contributed by atoms with Gasteiger partial charge < -0.3 is 19.9 Å². The van der Waals surface area contributed by atoms with E-state index in [1.54, 1.807) is 26.8 Å². The number of nitrogens with one attached hydrogen (secondary N) is 1. The van der Waals surface area contributed by atoms with Crippen LogP contribution in [0.25, 0.3) is 0 Å². The first kappa shape index (κ1) is 17.6. The topological polar surface area (TPSA) is 84.9 Å². The van der Waals surface area contributed by atoms with Crippen molar-refractivity contribution < 1.29 is 24.2 Å². The Bertz CT molecular complexity index is 619. The first-order chi connectivity index (χ1) is 10.6. The third-order valence-corrected chi connectivity index (χ3v) is 3.96. The molecule has 1 saturated carbocycles. The van der Waals surface area contributed by atoms with Gasteiger partial charge >= 0.3 is 12.1 Å². The number of carboxylic acids is 1. The van der Waals surface area contributed by atoms with E-state index in [1.165, 1.54) is 12.1 Å². The van der Waals surface area contributed by atoms with Crippen LogP contribution < -0.4 is 10.1 Å². The SMILES string of the molecule is CC(C)(C)OC(=O)NC1(COc2cc(C(=O)O)ccc2Br)CC1. The summed E-state index contributed by atoms with van der Waals surface area (Å²) in [6.07, 6.45) is 1.11. The van der Waals surface area contributed by atoms with E-state index >= 15 is 0 Å². The summed E-state index contributed by atoms with van der Waals surface area (Å²) in [6.45, 7) is 5.67. The van der Waals surface area contributed by atoms with Gasteiger partial charge in [-0.2, -0.15) is 0 Å². The Labute approximate surface area is 143 Å². The Kier molecular flexibility index (Phi) is 4.89. The van der Waals surface area contributed by atoms with E-state index in [1.807, 2.05) is 0 Å². The van der Waals surface area contributed by atoms with Crippen molar-refractivity contribution in [3.05, 3.63) is 28.2 Å². The van der Waals surface area contributed by atoms with Gasteiger partial charge in [0.2, 0.25) is 0 Å². The smallest absolute Gasteiger partial charge is 0.408 e. The van der Waals surface area contributed by atoms with Crippen LogP contribution >= 0.6 is 15.9 Å². The number of rotatable bonds is 5. The Morgan fingerprint density at radius 2 is 2.00 bits per heavy atom. The Morgan fingerprint density at radius 1 is 1.35 bits per heavy atom. The maximum absolute atomic E-state index is 11.9. The van der Waals surface area contributed by atoms with Gasteiger partial charge in [-0.1, -0.05) is 0 Å². The molecule has 23 heavy (non-hydrogen) atoms. The number of amides is 1. The van der Waals surface area contributed by atoms with Crippen molar-refractivity contribution in [1.29, 1.82) is 0 Å². The lowest BCUT2D eigenvalue weighted by Crippen LogP contribution is -2.44. The van der Waals surface area contributed by atoms with Crippen LogP contribution in [0.3, 0.4) is 0 Å². The maximum atomic E-state index is 11.9. The fraction of sp³-hybridized carbons (Fsp3) is 0.500. The summed E-state index contributed by atoms with van der Waals surface area (Å²) >= 11 is 3.33. The molecule has 0 aliphatic heterocycles. The van der Waals surface area contributed by atoms with E-state index in [2.05, 4.69) is 21.2 Å². The number of ether oxygens (including phenoxy) is 2. The molecule has 0 atom stereocenters. The average molecular weight is 386 g/mol. The summed E-state index contributed by atoms with van der Waals surface area (Å²) in [5, 5.41) is 11.9. The fourth-order valence-corrected chi connectivity index (χ4v) is 2.30. The number of benzene rings is 1. The summed E-state index contributed by atoms with van der Waals surface area (Å²) < 4.78 is 11.6. The molecule has 0 spiro atoms. The van der Waals surface area contributed by atoms with Gasteiger partial charge in [-0.25, -0.2) is 9.59 Å². The number of hydrogen-bond donors (Lipinski definition) is 2. The molecule has 7 heteroatoms. The monoisotopic (exact) mass is 385 g/mol. The summed E-state index contributed by atoms with van der Waals surface area (Å²) in [4.78, 5) is 22.9. The number of hydrogen-bond acceptors (Lipinski definition) is 4. The normalized spacial score (nSPS) is 15.7. The van der Waals surface area contributed by atoms with Crippen LogP contribution in [-0.4, -0.2) is 34.9 Å². The second kappa shape index (κ2) is 6.39. The molecule has 1 fully saturated rings. The molecule has 1 amide bonds. The van der Waals surface area contributed by atoms with Crippen LogP contribution in [0.2, 0.25) is 0 Å². The zero-order valence-corrected chi connectivity index (χ0v) is 14.9. The highest BCUT2D eigenvalue weighted by Crippen LogP contribution is 2.37. The molecular weight excluding hydrogens is 366 g/mol. The lowest BCUT2D eigenvalue weighted by atomic mass is 10.2. The van der Waals surface area contributed by atoms with Gasteiger partial charge in [0.25, 0.3) is 0 Å². The Morgan fingerprint density at radius 3 is 2.52 bits per heavy atom. The molecule has 2 N–H and O–H groups in total. The molecule has 6 nitrogen and oxygen atoms in total. The average Bonchev–Trinajstić information content (AvgIpc) is 3.15. The predicted molar refractivity (Wildman–Crippen MR) is 87.9 cm³/mol. The highest BCUT2D eigenvalue weighted by Gasteiger charge is 2.46. The van der Waals surface area contributed by atoms with Crippen molar-refractivity contribution >= 4 is 28.0 Å². The zero-order valence-electron chi connectivity index (χ0n) is 13.3. The van der Waals surface area contributed by atoms with E-state index in [0.717, 1.165) is 12.8 Å². The van der Waals surface area contributed by atoms with E-state index in [0.29, 0.717) is 10.2 Å². The van der Waals surface area contributed by atoms with Crippen LogP contribution in [0.15, 0.2) is 22.7 Å². The Hall–Kier alpha value is -1.76. The molecule has 0 saturated heterocycles. The quantitative estimate of drug-likeness (QED) is 0.808. The predicted octanol–water partition coefficient (Wildman–Crippen LogP) is 3.58. The summed E-state index contributed by atoms with van der Waals surface area (Å²) in [6, 6.07) is 4.57. The standard InChI is InChI=1S/C16H20BrNO5/c1-15(2,3)23-14(21)18-16(6-7-16)9-22-12-8-10(13(19)20)4-5-11(12)17/h4-5,8H,6-7,9H2,1-3H3,(H,18,21)(H,19,20). The minimum Gasteiger partial charge on any atom is -0.490 e. The van der Waals surface area contributed by atoms with E-state index in [4.69, 9.17) is 14.6 Å².